The molecule has 0 aliphatic rings. The van der Waals surface area contributed by atoms with Crippen molar-refractivity contribution in [2.75, 3.05) is 6.54 Å². The van der Waals surface area contributed by atoms with Crippen LogP contribution >= 0.6 is 15.9 Å². The Bertz CT molecular complexity index is 596. The number of carbonyl (C=O) groups is 1. The molecule has 2 aromatic carbocycles. The molecular formula is C16H16BrNO2. The second kappa shape index (κ2) is 6.20. The van der Waals surface area contributed by atoms with Gasteiger partial charge in [-0.3, -0.25) is 4.79 Å². The summed E-state index contributed by atoms with van der Waals surface area (Å²) in [4.78, 5) is 12.0. The predicted octanol–water partition coefficient (Wildman–Crippen LogP) is 3.09. The quantitative estimate of drug-likeness (QED) is 0.903. The number of hydrogen-bond acceptors (Lipinski definition) is 2. The minimum absolute atomic E-state index is 0.155. The van der Waals surface area contributed by atoms with E-state index in [2.05, 4.69) is 21.2 Å². The van der Waals surface area contributed by atoms with Gasteiger partial charge in [0.25, 0.3) is 5.91 Å². The van der Waals surface area contributed by atoms with Gasteiger partial charge in [-0.25, -0.2) is 0 Å². The summed E-state index contributed by atoms with van der Waals surface area (Å²) in [7, 11) is 0. The van der Waals surface area contributed by atoms with Gasteiger partial charge in [0.2, 0.25) is 0 Å². The van der Waals surface area contributed by atoms with Crippen molar-refractivity contribution < 1.29 is 9.90 Å². The number of aliphatic hydroxyl groups is 1. The van der Waals surface area contributed by atoms with Crippen molar-refractivity contribution >= 4 is 21.8 Å². The molecule has 1 atom stereocenters. The average Bonchev–Trinajstić information content (AvgIpc) is 2.46. The minimum atomic E-state index is -1.09. The number of rotatable bonds is 4. The van der Waals surface area contributed by atoms with Gasteiger partial charge in [0.05, 0.1) is 6.54 Å². The van der Waals surface area contributed by atoms with E-state index in [0.717, 1.165) is 10.0 Å². The Labute approximate surface area is 126 Å². The molecule has 0 radical (unpaired) electrons. The number of benzene rings is 2. The molecule has 0 aliphatic heterocycles. The lowest BCUT2D eigenvalue weighted by atomic mass is 9.96. The van der Waals surface area contributed by atoms with Gasteiger partial charge in [0.1, 0.15) is 5.60 Å². The molecular weight excluding hydrogens is 318 g/mol. The third-order valence-corrected chi connectivity index (χ3v) is 3.57. The van der Waals surface area contributed by atoms with Crippen molar-refractivity contribution in [1.82, 2.24) is 5.32 Å². The number of carbonyl (C=O) groups excluding carboxylic acids is 1. The van der Waals surface area contributed by atoms with Gasteiger partial charge in [-0.1, -0.05) is 52.3 Å². The number of halogens is 1. The summed E-state index contributed by atoms with van der Waals surface area (Å²) in [6, 6.07) is 16.4. The molecule has 0 unspecified atom stereocenters. The average molecular weight is 334 g/mol. The summed E-state index contributed by atoms with van der Waals surface area (Å²) in [5.74, 6) is -0.206. The van der Waals surface area contributed by atoms with Crippen LogP contribution in [0.15, 0.2) is 59.1 Å². The fourth-order valence-corrected chi connectivity index (χ4v) is 2.28. The molecule has 0 fully saturated rings. The predicted molar refractivity (Wildman–Crippen MR) is 82.5 cm³/mol. The lowest BCUT2D eigenvalue weighted by molar-refractivity contribution is 0.0526. The maximum Gasteiger partial charge on any atom is 0.251 e. The van der Waals surface area contributed by atoms with Gasteiger partial charge in [-0.15, -0.1) is 0 Å². The van der Waals surface area contributed by atoms with Crippen molar-refractivity contribution in [3.05, 3.63) is 70.2 Å². The maximum atomic E-state index is 12.0. The van der Waals surface area contributed by atoms with Crippen molar-refractivity contribution in [3.63, 3.8) is 0 Å². The van der Waals surface area contributed by atoms with Crippen LogP contribution < -0.4 is 5.32 Å². The van der Waals surface area contributed by atoms with Crippen LogP contribution in [0.25, 0.3) is 0 Å². The van der Waals surface area contributed by atoms with E-state index in [1.54, 1.807) is 25.1 Å². The van der Waals surface area contributed by atoms with Crippen molar-refractivity contribution in [3.8, 4) is 0 Å². The van der Waals surface area contributed by atoms with E-state index >= 15 is 0 Å². The standard InChI is InChI=1S/C16H16BrNO2/c1-16(20,13-7-3-2-4-8-13)11-18-15(19)12-6-5-9-14(17)10-12/h2-10,20H,11H2,1H3,(H,18,19)/t16-/m0/s1. The largest absolute Gasteiger partial charge is 0.384 e. The van der Waals surface area contributed by atoms with Crippen LogP contribution in [0.2, 0.25) is 0 Å². The van der Waals surface area contributed by atoms with E-state index in [0.29, 0.717) is 5.56 Å². The van der Waals surface area contributed by atoms with Crippen LogP contribution in [0.1, 0.15) is 22.8 Å². The highest BCUT2D eigenvalue weighted by molar-refractivity contribution is 9.10. The zero-order chi connectivity index (χ0) is 14.6. The van der Waals surface area contributed by atoms with Gasteiger partial charge in [0.15, 0.2) is 0 Å². The Balaban J connectivity index is 2.03. The van der Waals surface area contributed by atoms with Gasteiger partial charge in [0, 0.05) is 10.0 Å². The monoisotopic (exact) mass is 333 g/mol. The highest BCUT2D eigenvalue weighted by atomic mass is 79.9. The smallest absolute Gasteiger partial charge is 0.251 e. The van der Waals surface area contributed by atoms with Crippen molar-refractivity contribution in [2.45, 2.75) is 12.5 Å². The summed E-state index contributed by atoms with van der Waals surface area (Å²) >= 11 is 3.33. The van der Waals surface area contributed by atoms with Crippen LogP contribution in [0, 0.1) is 0 Å². The van der Waals surface area contributed by atoms with E-state index in [1.807, 2.05) is 36.4 Å². The number of hydrogen-bond donors (Lipinski definition) is 2. The Hall–Kier alpha value is -1.65. The van der Waals surface area contributed by atoms with Crippen LogP contribution in [0.4, 0.5) is 0 Å². The van der Waals surface area contributed by atoms with Crippen LogP contribution in [-0.2, 0) is 5.60 Å². The van der Waals surface area contributed by atoms with E-state index in [1.165, 1.54) is 0 Å². The summed E-state index contributed by atoms with van der Waals surface area (Å²) < 4.78 is 0.847. The van der Waals surface area contributed by atoms with Gasteiger partial charge in [-0.2, -0.15) is 0 Å². The first kappa shape index (κ1) is 14.8. The molecule has 0 spiro atoms. The highest BCUT2D eigenvalue weighted by Gasteiger charge is 2.23. The van der Waals surface area contributed by atoms with E-state index < -0.39 is 5.60 Å². The second-order valence-electron chi connectivity index (χ2n) is 4.83. The molecule has 2 N–H and O–H groups in total. The zero-order valence-electron chi connectivity index (χ0n) is 11.1. The van der Waals surface area contributed by atoms with Gasteiger partial charge >= 0.3 is 0 Å². The first-order valence-electron chi connectivity index (χ1n) is 6.31. The molecule has 3 nitrogen and oxygen atoms in total. The lowest BCUT2D eigenvalue weighted by Gasteiger charge is -2.24. The first-order valence-corrected chi connectivity index (χ1v) is 7.10. The molecule has 2 aromatic rings. The molecule has 0 aromatic heterocycles. The third-order valence-electron chi connectivity index (χ3n) is 3.08. The lowest BCUT2D eigenvalue weighted by Crippen LogP contribution is -2.38. The maximum absolute atomic E-state index is 12.0. The Morgan fingerprint density at radius 3 is 2.55 bits per heavy atom. The topological polar surface area (TPSA) is 49.3 Å². The van der Waals surface area contributed by atoms with Gasteiger partial charge < -0.3 is 10.4 Å². The fourth-order valence-electron chi connectivity index (χ4n) is 1.88. The molecule has 20 heavy (non-hydrogen) atoms. The molecule has 1 amide bonds. The van der Waals surface area contributed by atoms with Crippen molar-refractivity contribution in [1.29, 1.82) is 0 Å². The first-order chi connectivity index (χ1) is 9.49. The molecule has 0 bridgehead atoms. The normalized spacial score (nSPS) is 13.6. The summed E-state index contributed by atoms with van der Waals surface area (Å²) in [5.41, 5.74) is 0.237. The Morgan fingerprint density at radius 2 is 1.90 bits per heavy atom. The third kappa shape index (κ3) is 3.68. The van der Waals surface area contributed by atoms with E-state index in [4.69, 9.17) is 0 Å². The number of nitrogens with one attached hydrogen (secondary N) is 1. The van der Waals surface area contributed by atoms with E-state index in [9.17, 15) is 9.90 Å². The second-order valence-corrected chi connectivity index (χ2v) is 5.75. The van der Waals surface area contributed by atoms with Crippen LogP contribution in [0.3, 0.4) is 0 Å². The SMILES string of the molecule is C[C@](O)(CNC(=O)c1cccc(Br)c1)c1ccccc1. The summed E-state index contributed by atoms with van der Waals surface area (Å²) in [5, 5.41) is 13.2. The summed E-state index contributed by atoms with van der Waals surface area (Å²) in [6.45, 7) is 1.84. The minimum Gasteiger partial charge on any atom is -0.384 e. The molecule has 4 heteroatoms. The van der Waals surface area contributed by atoms with E-state index in [-0.39, 0.29) is 12.5 Å². The Kier molecular flexibility index (Phi) is 4.57. The molecule has 2 rings (SSSR count). The molecule has 0 heterocycles. The van der Waals surface area contributed by atoms with Crippen LogP contribution in [-0.4, -0.2) is 17.6 Å². The fraction of sp³-hybridized carbons (Fsp3) is 0.188. The number of amides is 1. The van der Waals surface area contributed by atoms with Crippen LogP contribution in [0.5, 0.6) is 0 Å². The zero-order valence-corrected chi connectivity index (χ0v) is 12.7. The highest BCUT2D eigenvalue weighted by Crippen LogP contribution is 2.19. The molecule has 0 aliphatic carbocycles. The Morgan fingerprint density at radius 1 is 1.20 bits per heavy atom. The molecule has 0 saturated heterocycles. The van der Waals surface area contributed by atoms with Gasteiger partial charge in [-0.05, 0) is 30.7 Å². The summed E-state index contributed by atoms with van der Waals surface area (Å²) in [6.07, 6.45) is 0. The molecule has 104 valence electrons. The molecule has 0 saturated carbocycles. The van der Waals surface area contributed by atoms with Crippen molar-refractivity contribution in [2.24, 2.45) is 0 Å².